The van der Waals surface area contributed by atoms with Gasteiger partial charge in [0.25, 0.3) is 0 Å². The molecule has 0 aliphatic carbocycles. The molecule has 0 bridgehead atoms. The van der Waals surface area contributed by atoms with Crippen molar-refractivity contribution in [3.63, 3.8) is 0 Å². The maximum atomic E-state index is 11.8. The first-order valence-corrected chi connectivity index (χ1v) is 9.29. The van der Waals surface area contributed by atoms with Gasteiger partial charge in [0.15, 0.2) is 5.96 Å². The number of hydrogen-bond acceptors (Lipinski definition) is 5. The molecule has 0 aromatic carbocycles. The lowest BCUT2D eigenvalue weighted by molar-refractivity contribution is -0.127. The number of carbonyl (C=O) groups excluding carboxylic acids is 1. The van der Waals surface area contributed by atoms with Crippen molar-refractivity contribution >= 4 is 35.8 Å². The number of halogens is 1. The van der Waals surface area contributed by atoms with Crippen LogP contribution in [-0.2, 0) is 28.9 Å². The van der Waals surface area contributed by atoms with Gasteiger partial charge in [0.2, 0.25) is 5.91 Å². The summed E-state index contributed by atoms with van der Waals surface area (Å²) in [6, 6.07) is 0. The van der Waals surface area contributed by atoms with E-state index in [1.165, 1.54) is 0 Å². The van der Waals surface area contributed by atoms with Crippen LogP contribution in [0.15, 0.2) is 9.52 Å². The number of aliphatic imine (C=N–C) groups is 1. The van der Waals surface area contributed by atoms with E-state index in [0.717, 1.165) is 36.3 Å². The normalized spacial score (nSPS) is 11.1. The van der Waals surface area contributed by atoms with E-state index in [-0.39, 0.29) is 36.4 Å². The van der Waals surface area contributed by atoms with Crippen LogP contribution in [0.3, 0.4) is 0 Å². The Labute approximate surface area is 179 Å². The van der Waals surface area contributed by atoms with E-state index >= 15 is 0 Å². The van der Waals surface area contributed by atoms with Crippen LogP contribution in [0.4, 0.5) is 0 Å². The summed E-state index contributed by atoms with van der Waals surface area (Å²) in [5.41, 5.74) is 1.97. The summed E-state index contributed by atoms with van der Waals surface area (Å²) in [6.07, 6.45) is 2.45. The number of nitrogens with one attached hydrogen (secondary N) is 2. The fourth-order valence-corrected chi connectivity index (χ4v) is 2.29. The Kier molecular flexibility index (Phi) is 13.9. The van der Waals surface area contributed by atoms with E-state index in [1.807, 2.05) is 20.8 Å². The van der Waals surface area contributed by atoms with Gasteiger partial charge in [-0.25, -0.2) is 4.99 Å². The van der Waals surface area contributed by atoms with Crippen LogP contribution < -0.4 is 10.6 Å². The Morgan fingerprint density at radius 1 is 1.22 bits per heavy atom. The SMILES string of the molecule is CCOCCCNC(=NCc1c(CC)noc1CC)NCC(=O)N(C)C.I. The molecule has 0 saturated carbocycles. The predicted molar refractivity (Wildman–Crippen MR) is 118 cm³/mol. The molecular weight excluding hydrogens is 461 g/mol. The summed E-state index contributed by atoms with van der Waals surface area (Å²) in [5, 5.41) is 10.4. The van der Waals surface area contributed by atoms with Gasteiger partial charge in [-0.3, -0.25) is 4.79 Å². The van der Waals surface area contributed by atoms with E-state index in [0.29, 0.717) is 32.3 Å². The molecular formula is C18H34IN5O3. The fourth-order valence-electron chi connectivity index (χ4n) is 2.29. The number of guanidine groups is 1. The molecule has 0 aliphatic rings. The Bertz CT molecular complexity index is 554. The van der Waals surface area contributed by atoms with Crippen LogP contribution in [0, 0.1) is 0 Å². The van der Waals surface area contributed by atoms with Gasteiger partial charge in [-0.05, 0) is 19.8 Å². The third kappa shape index (κ3) is 9.41. The first kappa shape index (κ1) is 25.6. The van der Waals surface area contributed by atoms with Crippen molar-refractivity contribution in [1.82, 2.24) is 20.7 Å². The predicted octanol–water partition coefficient (Wildman–Crippen LogP) is 1.97. The molecule has 0 radical (unpaired) electrons. The summed E-state index contributed by atoms with van der Waals surface area (Å²) in [4.78, 5) is 18.0. The molecule has 1 amide bonds. The molecule has 156 valence electrons. The van der Waals surface area contributed by atoms with Gasteiger partial charge in [-0.2, -0.15) is 0 Å². The van der Waals surface area contributed by atoms with Crippen molar-refractivity contribution in [1.29, 1.82) is 0 Å². The van der Waals surface area contributed by atoms with Crippen molar-refractivity contribution in [2.45, 2.75) is 46.6 Å². The van der Waals surface area contributed by atoms with E-state index < -0.39 is 0 Å². The van der Waals surface area contributed by atoms with E-state index in [4.69, 9.17) is 9.26 Å². The molecule has 1 aromatic rings. The quantitative estimate of drug-likeness (QED) is 0.211. The van der Waals surface area contributed by atoms with Gasteiger partial charge in [0.1, 0.15) is 5.76 Å². The highest BCUT2D eigenvalue weighted by molar-refractivity contribution is 14.0. The van der Waals surface area contributed by atoms with Crippen molar-refractivity contribution < 1.29 is 14.1 Å². The molecule has 8 nitrogen and oxygen atoms in total. The van der Waals surface area contributed by atoms with Crippen molar-refractivity contribution in [3.8, 4) is 0 Å². The topological polar surface area (TPSA) is 92.0 Å². The van der Waals surface area contributed by atoms with Gasteiger partial charge in [0.05, 0.1) is 18.8 Å². The van der Waals surface area contributed by atoms with E-state index in [2.05, 4.69) is 20.8 Å². The lowest BCUT2D eigenvalue weighted by Crippen LogP contribution is -2.43. The van der Waals surface area contributed by atoms with Crippen LogP contribution in [0.5, 0.6) is 0 Å². The zero-order valence-corrected chi connectivity index (χ0v) is 19.5. The molecule has 0 saturated heterocycles. The minimum Gasteiger partial charge on any atom is -0.382 e. The van der Waals surface area contributed by atoms with Gasteiger partial charge >= 0.3 is 0 Å². The number of likely N-dealkylation sites (N-methyl/N-ethyl adjacent to an activating group) is 1. The van der Waals surface area contributed by atoms with Crippen molar-refractivity contribution in [3.05, 3.63) is 17.0 Å². The molecule has 9 heteroatoms. The molecule has 1 heterocycles. The number of aromatic nitrogens is 1. The lowest BCUT2D eigenvalue weighted by atomic mass is 10.1. The molecule has 0 spiro atoms. The van der Waals surface area contributed by atoms with Crippen LogP contribution in [0.25, 0.3) is 0 Å². The highest BCUT2D eigenvalue weighted by atomic mass is 127. The van der Waals surface area contributed by atoms with Gasteiger partial charge < -0.3 is 24.8 Å². The number of carbonyl (C=O) groups is 1. The Morgan fingerprint density at radius 2 is 1.96 bits per heavy atom. The summed E-state index contributed by atoms with van der Waals surface area (Å²) in [7, 11) is 3.46. The van der Waals surface area contributed by atoms with E-state index in [9.17, 15) is 4.79 Å². The summed E-state index contributed by atoms with van der Waals surface area (Å²) >= 11 is 0. The number of ether oxygens (including phenoxy) is 1. The highest BCUT2D eigenvalue weighted by Gasteiger charge is 2.13. The van der Waals surface area contributed by atoms with Crippen molar-refractivity contribution in [2.75, 3.05) is 40.4 Å². The summed E-state index contributed by atoms with van der Waals surface area (Å²) < 4.78 is 10.7. The van der Waals surface area contributed by atoms with Crippen LogP contribution in [0.2, 0.25) is 0 Å². The second-order valence-corrected chi connectivity index (χ2v) is 6.02. The van der Waals surface area contributed by atoms with Gasteiger partial charge in [0, 0.05) is 45.8 Å². The minimum absolute atomic E-state index is 0. The summed E-state index contributed by atoms with van der Waals surface area (Å²) in [5.74, 6) is 1.45. The minimum atomic E-state index is -0.0118. The first-order valence-electron chi connectivity index (χ1n) is 9.29. The molecule has 1 rings (SSSR count). The van der Waals surface area contributed by atoms with Crippen molar-refractivity contribution in [2.24, 2.45) is 4.99 Å². The Morgan fingerprint density at radius 3 is 2.56 bits per heavy atom. The number of hydrogen-bond donors (Lipinski definition) is 2. The Balaban J connectivity index is 0.00000676. The monoisotopic (exact) mass is 495 g/mol. The third-order valence-corrected chi connectivity index (χ3v) is 3.87. The lowest BCUT2D eigenvalue weighted by Gasteiger charge is -2.15. The number of amides is 1. The average Bonchev–Trinajstić information content (AvgIpc) is 3.04. The van der Waals surface area contributed by atoms with E-state index in [1.54, 1.807) is 19.0 Å². The second kappa shape index (κ2) is 14.7. The standard InChI is InChI=1S/C18H33N5O3.HI/c1-6-15-14(16(7-2)26-22-15)12-20-18(19-10-9-11-25-8-3)21-13-17(24)23(4)5;/h6-13H2,1-5H3,(H2,19,20,21);1H. The van der Waals surface area contributed by atoms with Crippen LogP contribution in [0.1, 0.15) is 44.2 Å². The molecule has 1 aromatic heterocycles. The van der Waals surface area contributed by atoms with Gasteiger partial charge in [-0.15, -0.1) is 24.0 Å². The molecule has 0 unspecified atom stereocenters. The largest absolute Gasteiger partial charge is 0.382 e. The molecule has 0 atom stereocenters. The smallest absolute Gasteiger partial charge is 0.241 e. The molecule has 27 heavy (non-hydrogen) atoms. The zero-order valence-electron chi connectivity index (χ0n) is 17.1. The molecule has 0 aliphatic heterocycles. The number of rotatable bonds is 11. The number of nitrogens with zero attached hydrogens (tertiary/aromatic N) is 3. The van der Waals surface area contributed by atoms with Crippen LogP contribution >= 0.6 is 24.0 Å². The average molecular weight is 495 g/mol. The summed E-state index contributed by atoms with van der Waals surface area (Å²) in [6.45, 7) is 8.83. The fraction of sp³-hybridized carbons (Fsp3) is 0.722. The first-order chi connectivity index (χ1) is 12.5. The Hall–Kier alpha value is -1.36. The van der Waals surface area contributed by atoms with Gasteiger partial charge in [-0.1, -0.05) is 19.0 Å². The van der Waals surface area contributed by atoms with Crippen LogP contribution in [-0.4, -0.2) is 62.3 Å². The third-order valence-electron chi connectivity index (χ3n) is 3.87. The maximum Gasteiger partial charge on any atom is 0.241 e. The zero-order chi connectivity index (χ0) is 19.4. The highest BCUT2D eigenvalue weighted by Crippen LogP contribution is 2.16. The maximum absolute atomic E-state index is 11.8. The molecule has 0 fully saturated rings. The number of aryl methyl sites for hydroxylation is 2. The second-order valence-electron chi connectivity index (χ2n) is 6.02. The molecule has 2 N–H and O–H groups in total.